The lowest BCUT2D eigenvalue weighted by Crippen LogP contribution is -2.23. The Morgan fingerprint density at radius 2 is 1.86 bits per heavy atom. The molecule has 0 radical (unpaired) electrons. The maximum Gasteiger partial charge on any atom is 0.454 e. The molecule has 14 heavy (non-hydrogen) atoms. The molecule has 0 N–H and O–H groups in total. The van der Waals surface area contributed by atoms with Gasteiger partial charge in [-0.05, 0) is 12.1 Å². The second-order valence-corrected chi connectivity index (χ2v) is 3.04. The van der Waals surface area contributed by atoms with E-state index >= 15 is 0 Å². The summed E-state index contributed by atoms with van der Waals surface area (Å²) in [7, 11) is 0. The number of ketones is 1. The number of carbonyl (C=O) groups excluding carboxylic acids is 1. The summed E-state index contributed by atoms with van der Waals surface area (Å²) in [5.74, 6) is -2.04. The highest BCUT2D eigenvalue weighted by atomic mass is 35.5. The van der Waals surface area contributed by atoms with Gasteiger partial charge < -0.3 is 0 Å². The van der Waals surface area contributed by atoms with Crippen molar-refractivity contribution in [1.82, 2.24) is 4.98 Å². The van der Waals surface area contributed by atoms with Crippen molar-refractivity contribution in [2.24, 2.45) is 0 Å². The van der Waals surface area contributed by atoms with Crippen LogP contribution in [0.25, 0.3) is 0 Å². The molecule has 7 heteroatoms. The van der Waals surface area contributed by atoms with Gasteiger partial charge in [0.05, 0.1) is 5.56 Å². The summed E-state index contributed by atoms with van der Waals surface area (Å²) in [6.07, 6.45) is -4.96. The Morgan fingerprint density at radius 1 is 1.29 bits per heavy atom. The Labute approximate surface area is 86.6 Å². The number of rotatable bonds is 1. The number of hydrogen-bond acceptors (Lipinski definition) is 2. The van der Waals surface area contributed by atoms with Gasteiger partial charge in [0, 0.05) is 0 Å². The summed E-state index contributed by atoms with van der Waals surface area (Å²) in [6.45, 7) is 0. The summed E-state index contributed by atoms with van der Waals surface area (Å²) in [6, 6.07) is 1.94. The molecule has 0 saturated heterocycles. The molecule has 0 unspecified atom stereocenters. The van der Waals surface area contributed by atoms with Gasteiger partial charge in [0.25, 0.3) is 5.78 Å². The van der Waals surface area contributed by atoms with Gasteiger partial charge in [-0.1, -0.05) is 23.2 Å². The average molecular weight is 244 g/mol. The van der Waals surface area contributed by atoms with Gasteiger partial charge in [-0.2, -0.15) is 13.2 Å². The van der Waals surface area contributed by atoms with Crippen LogP contribution in [0.1, 0.15) is 10.4 Å². The van der Waals surface area contributed by atoms with Crippen LogP contribution in [0, 0.1) is 0 Å². The predicted octanol–water partition coefficient (Wildman–Crippen LogP) is 3.13. The normalized spacial score (nSPS) is 11.5. The standard InChI is InChI=1S/C7H2Cl2F3NO/c8-4-2-1-3(6(9)13-4)5(14)7(10,11)12/h1-2H. The first kappa shape index (κ1) is 11.3. The molecule has 76 valence electrons. The zero-order valence-corrected chi connectivity index (χ0v) is 7.91. The summed E-state index contributed by atoms with van der Waals surface area (Å²) in [5, 5.41) is -0.631. The van der Waals surface area contributed by atoms with E-state index in [1.807, 2.05) is 0 Å². The van der Waals surface area contributed by atoms with E-state index < -0.39 is 22.7 Å². The van der Waals surface area contributed by atoms with Crippen molar-refractivity contribution >= 4 is 29.0 Å². The number of alkyl halides is 3. The molecule has 1 aromatic rings. The molecule has 0 fully saturated rings. The van der Waals surface area contributed by atoms with Crippen molar-refractivity contribution in [2.45, 2.75) is 6.18 Å². The number of nitrogens with zero attached hydrogens (tertiary/aromatic N) is 1. The fourth-order valence-corrected chi connectivity index (χ4v) is 1.16. The zero-order chi connectivity index (χ0) is 10.9. The SMILES string of the molecule is O=C(c1ccc(Cl)nc1Cl)C(F)(F)F. The molecule has 0 bridgehead atoms. The average Bonchev–Trinajstić information content (AvgIpc) is 2.01. The molecule has 0 aliphatic heterocycles. The van der Waals surface area contributed by atoms with Crippen LogP contribution in [-0.2, 0) is 0 Å². The van der Waals surface area contributed by atoms with Crippen molar-refractivity contribution in [3.63, 3.8) is 0 Å². The Bertz CT molecular complexity index is 378. The second kappa shape index (κ2) is 3.74. The number of halogens is 5. The molecule has 1 heterocycles. The number of Topliss-reactive ketones (excluding diaryl/α,β-unsaturated/α-hetero) is 1. The van der Waals surface area contributed by atoms with Crippen LogP contribution in [0.5, 0.6) is 0 Å². The first-order valence-corrected chi connectivity index (χ1v) is 4.01. The highest BCUT2D eigenvalue weighted by molar-refractivity contribution is 6.34. The Hall–Kier alpha value is -0.810. The molecule has 1 aromatic heterocycles. The maximum atomic E-state index is 11.9. The quantitative estimate of drug-likeness (QED) is 0.561. The summed E-state index contributed by atoms with van der Waals surface area (Å²) < 4.78 is 35.8. The number of hydrogen-bond donors (Lipinski definition) is 0. The molecule has 0 amide bonds. The van der Waals surface area contributed by atoms with E-state index in [0.717, 1.165) is 12.1 Å². The smallest absolute Gasteiger partial charge is 0.284 e. The minimum absolute atomic E-state index is 0.0753. The van der Waals surface area contributed by atoms with Gasteiger partial charge in [0.2, 0.25) is 0 Å². The van der Waals surface area contributed by atoms with E-state index in [0.29, 0.717) is 0 Å². The molecule has 0 aliphatic carbocycles. The second-order valence-electron chi connectivity index (χ2n) is 2.30. The fourth-order valence-electron chi connectivity index (χ4n) is 0.734. The molecule has 2 nitrogen and oxygen atoms in total. The Balaban J connectivity index is 3.15. The van der Waals surface area contributed by atoms with Crippen LogP contribution in [0.2, 0.25) is 10.3 Å². The van der Waals surface area contributed by atoms with Crippen LogP contribution in [0.3, 0.4) is 0 Å². The number of aromatic nitrogens is 1. The lowest BCUT2D eigenvalue weighted by molar-refractivity contribution is -0.0885. The molecular formula is C7H2Cl2F3NO. The van der Waals surface area contributed by atoms with Crippen LogP contribution in [-0.4, -0.2) is 16.9 Å². The lowest BCUT2D eigenvalue weighted by Gasteiger charge is -2.05. The van der Waals surface area contributed by atoms with Crippen LogP contribution in [0.4, 0.5) is 13.2 Å². The van der Waals surface area contributed by atoms with E-state index in [9.17, 15) is 18.0 Å². The summed E-state index contributed by atoms with van der Waals surface area (Å²) >= 11 is 10.7. The number of carbonyl (C=O) groups is 1. The van der Waals surface area contributed by atoms with E-state index in [1.165, 1.54) is 0 Å². The minimum atomic E-state index is -4.96. The summed E-state index contributed by atoms with van der Waals surface area (Å²) in [5.41, 5.74) is -0.705. The van der Waals surface area contributed by atoms with Crippen molar-refractivity contribution in [3.05, 3.63) is 28.0 Å². The largest absolute Gasteiger partial charge is 0.454 e. The van der Waals surface area contributed by atoms with E-state index in [-0.39, 0.29) is 5.15 Å². The fraction of sp³-hybridized carbons (Fsp3) is 0.143. The predicted molar refractivity (Wildman–Crippen MR) is 44.6 cm³/mol. The van der Waals surface area contributed by atoms with Crippen molar-refractivity contribution in [3.8, 4) is 0 Å². The molecule has 0 atom stereocenters. The van der Waals surface area contributed by atoms with Gasteiger partial charge >= 0.3 is 6.18 Å². The lowest BCUT2D eigenvalue weighted by atomic mass is 10.2. The van der Waals surface area contributed by atoms with Crippen molar-refractivity contribution in [1.29, 1.82) is 0 Å². The third kappa shape index (κ3) is 2.36. The molecule has 1 rings (SSSR count). The molecule has 0 aromatic carbocycles. The van der Waals surface area contributed by atoms with Crippen LogP contribution in [0.15, 0.2) is 12.1 Å². The van der Waals surface area contributed by atoms with E-state index in [4.69, 9.17) is 23.2 Å². The van der Waals surface area contributed by atoms with Gasteiger partial charge in [0.15, 0.2) is 0 Å². The maximum absolute atomic E-state index is 11.9. The number of pyridine rings is 1. The molecule has 0 spiro atoms. The molecule has 0 saturated carbocycles. The molecular weight excluding hydrogens is 242 g/mol. The van der Waals surface area contributed by atoms with Crippen LogP contribution < -0.4 is 0 Å². The first-order valence-electron chi connectivity index (χ1n) is 3.26. The van der Waals surface area contributed by atoms with Gasteiger partial charge in [-0.25, -0.2) is 4.98 Å². The first-order chi connectivity index (χ1) is 6.32. The van der Waals surface area contributed by atoms with Gasteiger partial charge in [-0.3, -0.25) is 4.79 Å². The monoisotopic (exact) mass is 243 g/mol. The molecule has 0 aliphatic rings. The Morgan fingerprint density at radius 3 is 2.29 bits per heavy atom. The Kier molecular flexibility index (Phi) is 3.01. The van der Waals surface area contributed by atoms with Gasteiger partial charge in [-0.15, -0.1) is 0 Å². The minimum Gasteiger partial charge on any atom is -0.284 e. The zero-order valence-electron chi connectivity index (χ0n) is 6.40. The van der Waals surface area contributed by atoms with Crippen molar-refractivity contribution in [2.75, 3.05) is 0 Å². The topological polar surface area (TPSA) is 30.0 Å². The van der Waals surface area contributed by atoms with E-state index in [2.05, 4.69) is 4.98 Å². The van der Waals surface area contributed by atoms with Crippen LogP contribution >= 0.6 is 23.2 Å². The summed E-state index contributed by atoms with van der Waals surface area (Å²) in [4.78, 5) is 14.0. The highest BCUT2D eigenvalue weighted by Gasteiger charge is 2.40. The van der Waals surface area contributed by atoms with Gasteiger partial charge in [0.1, 0.15) is 10.3 Å². The highest BCUT2D eigenvalue weighted by Crippen LogP contribution is 2.25. The van der Waals surface area contributed by atoms with E-state index in [1.54, 1.807) is 0 Å². The van der Waals surface area contributed by atoms with Crippen molar-refractivity contribution < 1.29 is 18.0 Å². The third-order valence-electron chi connectivity index (χ3n) is 1.32. The third-order valence-corrected chi connectivity index (χ3v) is 1.82.